The molecular formula is C30H27NO7. The predicted octanol–water partition coefficient (Wildman–Crippen LogP) is 4.50. The third-order valence-electron chi connectivity index (χ3n) is 6.49. The molecule has 8 nitrogen and oxygen atoms in total. The molecule has 2 aliphatic rings. The number of aliphatic hydroxyl groups excluding tert-OH is 1. The van der Waals surface area contributed by atoms with Crippen molar-refractivity contribution in [3.05, 3.63) is 94.6 Å². The van der Waals surface area contributed by atoms with E-state index in [9.17, 15) is 19.5 Å². The Labute approximate surface area is 220 Å². The van der Waals surface area contributed by atoms with Gasteiger partial charge < -0.3 is 19.3 Å². The van der Waals surface area contributed by atoms with Crippen molar-refractivity contribution >= 4 is 29.1 Å². The van der Waals surface area contributed by atoms with Gasteiger partial charge in [-0.1, -0.05) is 42.0 Å². The Hall–Kier alpha value is -4.59. The van der Waals surface area contributed by atoms with E-state index in [2.05, 4.69) is 0 Å². The van der Waals surface area contributed by atoms with Crippen LogP contribution in [0.2, 0.25) is 0 Å². The summed E-state index contributed by atoms with van der Waals surface area (Å²) in [5.74, 6) is -1.19. The minimum atomic E-state index is -0.862. The van der Waals surface area contributed by atoms with Crippen molar-refractivity contribution in [1.29, 1.82) is 0 Å². The van der Waals surface area contributed by atoms with Gasteiger partial charge in [0.2, 0.25) is 0 Å². The van der Waals surface area contributed by atoms with E-state index < -0.39 is 17.7 Å². The van der Waals surface area contributed by atoms with Crippen molar-refractivity contribution in [3.63, 3.8) is 0 Å². The molecule has 0 radical (unpaired) electrons. The van der Waals surface area contributed by atoms with E-state index >= 15 is 0 Å². The number of ether oxygens (including phenoxy) is 3. The van der Waals surface area contributed by atoms with Crippen molar-refractivity contribution in [1.82, 2.24) is 0 Å². The molecule has 0 saturated carbocycles. The lowest BCUT2D eigenvalue weighted by molar-refractivity contribution is -0.142. The second-order valence-corrected chi connectivity index (χ2v) is 9.09. The van der Waals surface area contributed by atoms with Gasteiger partial charge in [-0.15, -0.1) is 0 Å². The molecule has 1 N–H and O–H groups in total. The molecule has 3 aromatic carbocycles. The summed E-state index contributed by atoms with van der Waals surface area (Å²) in [5, 5.41) is 11.4. The quantitative estimate of drug-likeness (QED) is 0.224. The molecule has 1 fully saturated rings. The number of carbonyl (C=O) groups excluding carboxylic acids is 3. The highest BCUT2D eigenvalue weighted by Gasteiger charge is 2.47. The molecule has 5 rings (SSSR count). The number of aryl methyl sites for hydroxylation is 1. The number of hydrogen-bond acceptors (Lipinski definition) is 7. The zero-order chi connectivity index (χ0) is 26.8. The number of aliphatic hydroxyl groups is 1. The maximum atomic E-state index is 13.4. The maximum Gasteiger partial charge on any atom is 0.310 e. The first-order chi connectivity index (χ1) is 18.4. The Balaban J connectivity index is 1.59. The second kappa shape index (κ2) is 10.4. The van der Waals surface area contributed by atoms with Gasteiger partial charge in [0.25, 0.3) is 11.7 Å². The molecule has 0 aliphatic carbocycles. The van der Waals surface area contributed by atoms with E-state index in [0.717, 1.165) is 5.56 Å². The van der Waals surface area contributed by atoms with Gasteiger partial charge in [0, 0.05) is 11.3 Å². The van der Waals surface area contributed by atoms with Crippen molar-refractivity contribution in [2.24, 2.45) is 0 Å². The highest BCUT2D eigenvalue weighted by atomic mass is 16.6. The minimum Gasteiger partial charge on any atom is -0.507 e. The van der Waals surface area contributed by atoms with Crippen molar-refractivity contribution in [3.8, 4) is 11.5 Å². The monoisotopic (exact) mass is 513 g/mol. The first-order valence-electron chi connectivity index (χ1n) is 12.4. The highest BCUT2D eigenvalue weighted by Crippen LogP contribution is 2.43. The summed E-state index contributed by atoms with van der Waals surface area (Å²) < 4.78 is 16.2. The van der Waals surface area contributed by atoms with Crippen LogP contribution in [-0.2, 0) is 25.5 Å². The average molecular weight is 514 g/mol. The van der Waals surface area contributed by atoms with E-state index in [0.29, 0.717) is 53.7 Å². The Kier molecular flexibility index (Phi) is 6.87. The van der Waals surface area contributed by atoms with Crippen LogP contribution >= 0.6 is 0 Å². The molecule has 0 spiro atoms. The molecule has 1 atom stereocenters. The van der Waals surface area contributed by atoms with Crippen LogP contribution in [0.15, 0.2) is 72.3 Å². The van der Waals surface area contributed by atoms with Gasteiger partial charge >= 0.3 is 5.97 Å². The number of ketones is 1. The van der Waals surface area contributed by atoms with Gasteiger partial charge in [0.1, 0.15) is 19.0 Å². The minimum absolute atomic E-state index is 0.0205. The van der Waals surface area contributed by atoms with Gasteiger partial charge in [-0.2, -0.15) is 0 Å². The topological polar surface area (TPSA) is 102 Å². The fraction of sp³-hybridized carbons (Fsp3) is 0.233. The zero-order valence-corrected chi connectivity index (χ0v) is 21.1. The van der Waals surface area contributed by atoms with Crippen molar-refractivity contribution < 1.29 is 33.7 Å². The number of benzene rings is 3. The molecule has 194 valence electrons. The van der Waals surface area contributed by atoms with Crippen LogP contribution < -0.4 is 14.4 Å². The molecule has 1 saturated heterocycles. The number of carbonyl (C=O) groups is 3. The number of fused-ring (bicyclic) bond motifs is 1. The third kappa shape index (κ3) is 4.72. The second-order valence-electron chi connectivity index (χ2n) is 9.09. The molecule has 0 bridgehead atoms. The summed E-state index contributed by atoms with van der Waals surface area (Å²) in [6.45, 7) is 4.75. The van der Waals surface area contributed by atoms with Gasteiger partial charge in [-0.05, 0) is 55.3 Å². The van der Waals surface area contributed by atoms with Gasteiger partial charge in [0.05, 0.1) is 24.6 Å². The van der Waals surface area contributed by atoms with E-state index in [1.165, 1.54) is 4.90 Å². The molecule has 2 aliphatic heterocycles. The Morgan fingerprint density at radius 2 is 1.74 bits per heavy atom. The van der Waals surface area contributed by atoms with Crippen LogP contribution in [0.3, 0.4) is 0 Å². The van der Waals surface area contributed by atoms with Gasteiger partial charge in [-0.3, -0.25) is 19.3 Å². The molecule has 8 heteroatoms. The largest absolute Gasteiger partial charge is 0.507 e. The molecule has 1 amide bonds. The summed E-state index contributed by atoms with van der Waals surface area (Å²) >= 11 is 0. The van der Waals surface area contributed by atoms with E-state index in [4.69, 9.17) is 14.2 Å². The Bertz CT molecular complexity index is 1440. The lowest BCUT2D eigenvalue weighted by Gasteiger charge is -2.26. The first-order valence-corrected chi connectivity index (χ1v) is 12.4. The number of rotatable bonds is 6. The van der Waals surface area contributed by atoms with E-state index in [-0.39, 0.29) is 23.7 Å². The van der Waals surface area contributed by atoms with Gasteiger partial charge in [0.15, 0.2) is 11.5 Å². The summed E-state index contributed by atoms with van der Waals surface area (Å²) in [6.07, 6.45) is 0.0956. The standard InChI is InChI=1S/C30H27NO7/c1-3-36-25(32)16-19-7-10-22(11-8-19)31-27(20-6-4-5-18(2)15-20)26(29(34)30(31)35)28(33)21-9-12-23-24(17-21)38-14-13-37-23/h4-12,15,17,27,33H,3,13-14,16H2,1-2H3/b28-26-. The number of nitrogens with zero attached hydrogens (tertiary/aromatic N) is 1. The highest BCUT2D eigenvalue weighted by molar-refractivity contribution is 6.51. The maximum absolute atomic E-state index is 13.4. The first kappa shape index (κ1) is 25.1. The fourth-order valence-electron chi connectivity index (χ4n) is 4.75. The normalized spacial score (nSPS) is 17.9. The number of hydrogen-bond donors (Lipinski definition) is 1. The average Bonchev–Trinajstić information content (AvgIpc) is 3.18. The lowest BCUT2D eigenvalue weighted by atomic mass is 9.94. The third-order valence-corrected chi connectivity index (χ3v) is 6.49. The fourth-order valence-corrected chi connectivity index (χ4v) is 4.75. The number of esters is 1. The van der Waals surface area contributed by atoms with E-state index in [1.54, 1.807) is 49.4 Å². The molecule has 3 aromatic rings. The molecule has 2 heterocycles. The van der Waals surface area contributed by atoms with Crippen LogP contribution in [0, 0.1) is 6.92 Å². The smallest absolute Gasteiger partial charge is 0.310 e. The molecule has 1 unspecified atom stereocenters. The van der Waals surface area contributed by atoms with Crippen molar-refractivity contribution in [2.75, 3.05) is 24.7 Å². The number of anilines is 1. The van der Waals surface area contributed by atoms with Crippen molar-refractivity contribution in [2.45, 2.75) is 26.3 Å². The van der Waals surface area contributed by atoms with Crippen LogP contribution in [0.5, 0.6) is 11.5 Å². The molecule has 38 heavy (non-hydrogen) atoms. The zero-order valence-electron chi connectivity index (χ0n) is 21.1. The Morgan fingerprint density at radius 3 is 2.45 bits per heavy atom. The lowest BCUT2D eigenvalue weighted by Crippen LogP contribution is -2.29. The van der Waals surface area contributed by atoms with E-state index in [1.807, 2.05) is 31.2 Å². The predicted molar refractivity (Wildman–Crippen MR) is 140 cm³/mol. The Morgan fingerprint density at radius 1 is 1.00 bits per heavy atom. The van der Waals surface area contributed by atoms with Crippen LogP contribution in [-0.4, -0.2) is 42.6 Å². The van der Waals surface area contributed by atoms with Crippen LogP contribution in [0.1, 0.15) is 35.2 Å². The summed E-state index contributed by atoms with van der Waals surface area (Å²) in [6, 6.07) is 18.3. The van der Waals surface area contributed by atoms with Crippen LogP contribution in [0.25, 0.3) is 5.76 Å². The number of amides is 1. The molecule has 0 aromatic heterocycles. The van der Waals surface area contributed by atoms with Gasteiger partial charge in [-0.25, -0.2) is 0 Å². The number of Topliss-reactive ketones (excluding diaryl/α,β-unsaturated/α-hetero) is 1. The summed E-state index contributed by atoms with van der Waals surface area (Å²) in [4.78, 5) is 40.1. The SMILES string of the molecule is CCOC(=O)Cc1ccc(N2C(=O)C(=O)/C(=C(\O)c3ccc4c(c3)OCCO4)C2c2cccc(C)c2)cc1. The summed E-state index contributed by atoms with van der Waals surface area (Å²) in [7, 11) is 0. The molecular weight excluding hydrogens is 486 g/mol. The summed E-state index contributed by atoms with van der Waals surface area (Å²) in [5.41, 5.74) is 3.12. The van der Waals surface area contributed by atoms with Crippen LogP contribution in [0.4, 0.5) is 5.69 Å².